The van der Waals surface area contributed by atoms with Crippen molar-refractivity contribution in [2.45, 2.75) is 45.6 Å². The molecule has 0 amide bonds. The summed E-state index contributed by atoms with van der Waals surface area (Å²) in [5.74, 6) is 1.06. The van der Waals surface area contributed by atoms with Gasteiger partial charge in [-0.3, -0.25) is 0 Å². The molecule has 1 unspecified atom stereocenters. The largest absolute Gasteiger partial charge is 0.378 e. The Labute approximate surface area is 108 Å². The summed E-state index contributed by atoms with van der Waals surface area (Å²) in [6.45, 7) is 5.18. The third kappa shape index (κ3) is 2.27. The fourth-order valence-corrected chi connectivity index (χ4v) is 2.60. The minimum Gasteiger partial charge on any atom is -0.378 e. The maximum absolute atomic E-state index is 5.77. The zero-order valence-electron chi connectivity index (χ0n) is 11.1. The number of hydrogen-bond acceptors (Lipinski definition) is 2. The molecule has 0 saturated carbocycles. The Morgan fingerprint density at radius 3 is 2.89 bits per heavy atom. The molecular formula is C15H20N2O. The highest BCUT2D eigenvalue weighted by Crippen LogP contribution is 2.20. The Kier molecular flexibility index (Phi) is 3.08. The van der Waals surface area contributed by atoms with Crippen LogP contribution in [0.2, 0.25) is 0 Å². The summed E-state index contributed by atoms with van der Waals surface area (Å²) in [5, 5.41) is 0. The number of aryl methyl sites for hydroxylation is 2. The van der Waals surface area contributed by atoms with Crippen LogP contribution in [0.1, 0.15) is 36.2 Å². The highest BCUT2D eigenvalue weighted by Gasteiger charge is 2.16. The molecule has 18 heavy (non-hydrogen) atoms. The second kappa shape index (κ2) is 4.73. The first-order valence-electron chi connectivity index (χ1n) is 6.80. The number of nitrogens with zero attached hydrogens (tertiary/aromatic N) is 1. The van der Waals surface area contributed by atoms with Crippen LogP contribution in [-0.4, -0.2) is 22.7 Å². The van der Waals surface area contributed by atoms with Crippen molar-refractivity contribution in [3.05, 3.63) is 29.1 Å². The van der Waals surface area contributed by atoms with E-state index in [1.807, 2.05) is 0 Å². The second-order valence-corrected chi connectivity index (χ2v) is 5.33. The van der Waals surface area contributed by atoms with Gasteiger partial charge in [0.25, 0.3) is 0 Å². The lowest BCUT2D eigenvalue weighted by Crippen LogP contribution is -2.21. The summed E-state index contributed by atoms with van der Waals surface area (Å²) in [4.78, 5) is 8.09. The van der Waals surface area contributed by atoms with Gasteiger partial charge in [-0.1, -0.05) is 0 Å². The van der Waals surface area contributed by atoms with E-state index in [1.165, 1.54) is 24.0 Å². The van der Waals surface area contributed by atoms with Crippen molar-refractivity contribution in [3.63, 3.8) is 0 Å². The zero-order valence-corrected chi connectivity index (χ0v) is 11.1. The molecule has 1 aromatic heterocycles. The Morgan fingerprint density at radius 2 is 2.11 bits per heavy atom. The van der Waals surface area contributed by atoms with Crippen molar-refractivity contribution in [2.24, 2.45) is 0 Å². The summed E-state index contributed by atoms with van der Waals surface area (Å²) in [6.07, 6.45) is 4.90. The Balaban J connectivity index is 1.84. The van der Waals surface area contributed by atoms with Crippen LogP contribution in [-0.2, 0) is 11.2 Å². The SMILES string of the molecule is Cc1cc2nc(CC3CCCCO3)[nH]c2cc1C. The zero-order chi connectivity index (χ0) is 12.5. The van der Waals surface area contributed by atoms with E-state index in [-0.39, 0.29) is 0 Å². The molecule has 0 spiro atoms. The normalized spacial score (nSPS) is 20.4. The van der Waals surface area contributed by atoms with Gasteiger partial charge in [-0.05, 0) is 56.4 Å². The molecular weight excluding hydrogens is 224 g/mol. The van der Waals surface area contributed by atoms with Crippen LogP contribution < -0.4 is 0 Å². The van der Waals surface area contributed by atoms with E-state index in [2.05, 4.69) is 35.9 Å². The van der Waals surface area contributed by atoms with Gasteiger partial charge in [0.05, 0.1) is 17.1 Å². The molecule has 1 N–H and O–H groups in total. The molecule has 0 bridgehead atoms. The molecule has 1 saturated heterocycles. The lowest BCUT2D eigenvalue weighted by Gasteiger charge is -2.21. The number of rotatable bonds is 2. The molecule has 2 aromatic rings. The number of aromatic amines is 1. The molecule has 1 aliphatic rings. The van der Waals surface area contributed by atoms with Crippen LogP contribution in [0, 0.1) is 13.8 Å². The smallest absolute Gasteiger partial charge is 0.109 e. The minimum atomic E-state index is 0.349. The quantitative estimate of drug-likeness (QED) is 0.880. The summed E-state index contributed by atoms with van der Waals surface area (Å²) >= 11 is 0. The molecule has 3 rings (SSSR count). The van der Waals surface area contributed by atoms with E-state index in [0.29, 0.717) is 6.10 Å². The van der Waals surface area contributed by atoms with E-state index in [4.69, 9.17) is 4.74 Å². The molecule has 0 radical (unpaired) electrons. The number of hydrogen-bond donors (Lipinski definition) is 1. The van der Waals surface area contributed by atoms with Crippen molar-refractivity contribution in [1.29, 1.82) is 0 Å². The molecule has 1 aliphatic heterocycles. The number of nitrogens with one attached hydrogen (secondary N) is 1. The number of ether oxygens (including phenoxy) is 1. The van der Waals surface area contributed by atoms with E-state index in [0.717, 1.165) is 36.3 Å². The molecule has 96 valence electrons. The van der Waals surface area contributed by atoms with Gasteiger partial charge in [-0.2, -0.15) is 0 Å². The Bertz CT molecular complexity index is 514. The summed E-state index contributed by atoms with van der Waals surface area (Å²) < 4.78 is 5.77. The first-order valence-corrected chi connectivity index (χ1v) is 6.80. The molecule has 3 nitrogen and oxygen atoms in total. The molecule has 3 heteroatoms. The first kappa shape index (κ1) is 11.7. The topological polar surface area (TPSA) is 37.9 Å². The fraction of sp³-hybridized carbons (Fsp3) is 0.533. The van der Waals surface area contributed by atoms with Crippen LogP contribution in [0.5, 0.6) is 0 Å². The van der Waals surface area contributed by atoms with Crippen molar-refractivity contribution < 1.29 is 4.74 Å². The van der Waals surface area contributed by atoms with E-state index >= 15 is 0 Å². The second-order valence-electron chi connectivity index (χ2n) is 5.33. The third-order valence-electron chi connectivity index (χ3n) is 3.84. The van der Waals surface area contributed by atoms with Gasteiger partial charge < -0.3 is 9.72 Å². The monoisotopic (exact) mass is 244 g/mol. The molecule has 0 aliphatic carbocycles. The van der Waals surface area contributed by atoms with Crippen molar-refractivity contribution in [1.82, 2.24) is 9.97 Å². The number of fused-ring (bicyclic) bond motifs is 1. The molecule has 1 fully saturated rings. The Hall–Kier alpha value is -1.35. The highest BCUT2D eigenvalue weighted by molar-refractivity contribution is 5.77. The maximum atomic E-state index is 5.77. The van der Waals surface area contributed by atoms with Gasteiger partial charge in [0, 0.05) is 13.0 Å². The summed E-state index contributed by atoms with van der Waals surface area (Å²) in [5.41, 5.74) is 4.83. The van der Waals surface area contributed by atoms with Gasteiger partial charge >= 0.3 is 0 Å². The number of H-pyrrole nitrogens is 1. The van der Waals surface area contributed by atoms with E-state index in [1.54, 1.807) is 0 Å². The van der Waals surface area contributed by atoms with Crippen LogP contribution >= 0.6 is 0 Å². The standard InChI is InChI=1S/C15H20N2O/c1-10-7-13-14(8-11(10)2)17-15(16-13)9-12-5-3-4-6-18-12/h7-8,12H,3-6,9H2,1-2H3,(H,16,17). The third-order valence-corrected chi connectivity index (χ3v) is 3.84. The average molecular weight is 244 g/mol. The maximum Gasteiger partial charge on any atom is 0.109 e. The predicted molar refractivity (Wildman–Crippen MR) is 72.9 cm³/mol. The predicted octanol–water partition coefficient (Wildman–Crippen LogP) is 3.29. The van der Waals surface area contributed by atoms with Crippen LogP contribution in [0.3, 0.4) is 0 Å². The highest BCUT2D eigenvalue weighted by atomic mass is 16.5. The van der Waals surface area contributed by atoms with Gasteiger partial charge in [-0.25, -0.2) is 4.98 Å². The molecule has 1 atom stereocenters. The average Bonchev–Trinajstić information content (AvgIpc) is 2.72. The fourth-order valence-electron chi connectivity index (χ4n) is 2.60. The van der Waals surface area contributed by atoms with Gasteiger partial charge in [0.1, 0.15) is 5.82 Å². The lowest BCUT2D eigenvalue weighted by atomic mass is 10.1. The van der Waals surface area contributed by atoms with Crippen molar-refractivity contribution >= 4 is 11.0 Å². The van der Waals surface area contributed by atoms with Gasteiger partial charge in [0.2, 0.25) is 0 Å². The van der Waals surface area contributed by atoms with Crippen molar-refractivity contribution in [2.75, 3.05) is 6.61 Å². The Morgan fingerprint density at radius 1 is 1.28 bits per heavy atom. The van der Waals surface area contributed by atoms with Gasteiger partial charge in [0.15, 0.2) is 0 Å². The minimum absolute atomic E-state index is 0.349. The number of aromatic nitrogens is 2. The lowest BCUT2D eigenvalue weighted by molar-refractivity contribution is 0.0158. The van der Waals surface area contributed by atoms with E-state index in [9.17, 15) is 0 Å². The molecule has 1 aromatic carbocycles. The van der Waals surface area contributed by atoms with Crippen LogP contribution in [0.15, 0.2) is 12.1 Å². The van der Waals surface area contributed by atoms with Crippen LogP contribution in [0.25, 0.3) is 11.0 Å². The van der Waals surface area contributed by atoms with E-state index < -0.39 is 0 Å². The number of imidazole rings is 1. The summed E-state index contributed by atoms with van der Waals surface area (Å²) in [6, 6.07) is 4.34. The summed E-state index contributed by atoms with van der Waals surface area (Å²) in [7, 11) is 0. The first-order chi connectivity index (χ1) is 8.72. The van der Waals surface area contributed by atoms with Crippen molar-refractivity contribution in [3.8, 4) is 0 Å². The van der Waals surface area contributed by atoms with Gasteiger partial charge in [-0.15, -0.1) is 0 Å². The number of benzene rings is 1. The molecule has 2 heterocycles. The van der Waals surface area contributed by atoms with Crippen LogP contribution in [0.4, 0.5) is 0 Å².